The minimum absolute atomic E-state index is 0.0138. The van der Waals surface area contributed by atoms with E-state index in [1.807, 2.05) is 11.4 Å². The van der Waals surface area contributed by atoms with E-state index in [4.69, 9.17) is 11.6 Å². The minimum Gasteiger partial charge on any atom is -0.351 e. The maximum atomic E-state index is 11.8. The van der Waals surface area contributed by atoms with Gasteiger partial charge in [-0.25, -0.2) is 0 Å². The van der Waals surface area contributed by atoms with Gasteiger partial charge in [0, 0.05) is 16.4 Å². The number of amides is 1. The van der Waals surface area contributed by atoms with Crippen LogP contribution in [0.4, 0.5) is 0 Å². The van der Waals surface area contributed by atoms with Gasteiger partial charge in [-0.2, -0.15) is 0 Å². The van der Waals surface area contributed by atoms with Gasteiger partial charge in [-0.05, 0) is 52.6 Å². The Morgan fingerprint density at radius 2 is 2.44 bits per heavy atom. The standard InChI is InChI=1S/C11H13BrClNOS/c12-9-3-4-16-10(9)11(15)14-6-7-1-2-8(13)5-7/h3-4,7-8H,1-2,5-6H2,(H,14,15). The Bertz CT molecular complexity index is 382. The van der Waals surface area contributed by atoms with Crippen molar-refractivity contribution in [2.24, 2.45) is 5.92 Å². The predicted octanol–water partition coefficient (Wildman–Crippen LogP) is 3.65. The molecular formula is C11H13BrClNOS. The first-order valence-electron chi connectivity index (χ1n) is 5.32. The molecule has 0 spiro atoms. The summed E-state index contributed by atoms with van der Waals surface area (Å²) in [7, 11) is 0. The normalized spacial score (nSPS) is 24.6. The summed E-state index contributed by atoms with van der Waals surface area (Å²) in [4.78, 5) is 12.6. The van der Waals surface area contributed by atoms with Crippen LogP contribution in [0.2, 0.25) is 0 Å². The van der Waals surface area contributed by atoms with Crippen LogP contribution in [-0.2, 0) is 0 Å². The summed E-state index contributed by atoms with van der Waals surface area (Å²) in [5.41, 5.74) is 0. The van der Waals surface area contributed by atoms with Crippen LogP contribution in [0.25, 0.3) is 0 Å². The summed E-state index contributed by atoms with van der Waals surface area (Å²) < 4.78 is 0.872. The monoisotopic (exact) mass is 321 g/mol. The van der Waals surface area contributed by atoms with Gasteiger partial charge in [0.1, 0.15) is 4.88 Å². The van der Waals surface area contributed by atoms with E-state index in [9.17, 15) is 4.79 Å². The van der Waals surface area contributed by atoms with Gasteiger partial charge in [-0.1, -0.05) is 0 Å². The second kappa shape index (κ2) is 5.52. The van der Waals surface area contributed by atoms with Crippen LogP contribution in [0.1, 0.15) is 28.9 Å². The Morgan fingerprint density at radius 3 is 3.00 bits per heavy atom. The highest BCUT2D eigenvalue weighted by Crippen LogP contribution is 2.29. The molecule has 88 valence electrons. The lowest BCUT2D eigenvalue weighted by molar-refractivity contribution is 0.0951. The molecule has 0 radical (unpaired) electrons. The molecule has 1 aliphatic rings. The Kier molecular flexibility index (Phi) is 4.27. The zero-order chi connectivity index (χ0) is 11.5. The smallest absolute Gasteiger partial charge is 0.262 e. The molecule has 16 heavy (non-hydrogen) atoms. The Hall–Kier alpha value is -0.0600. The van der Waals surface area contributed by atoms with E-state index in [1.54, 1.807) is 0 Å². The average Bonchev–Trinajstić information content (AvgIpc) is 2.84. The summed E-state index contributed by atoms with van der Waals surface area (Å²) >= 11 is 10.8. The summed E-state index contributed by atoms with van der Waals surface area (Å²) in [5.74, 6) is 0.560. The van der Waals surface area contributed by atoms with E-state index < -0.39 is 0 Å². The van der Waals surface area contributed by atoms with Crippen LogP contribution in [-0.4, -0.2) is 17.8 Å². The minimum atomic E-state index is 0.0138. The SMILES string of the molecule is O=C(NCC1CCC(Cl)C1)c1sccc1Br. The van der Waals surface area contributed by atoms with Crippen molar-refractivity contribution in [1.82, 2.24) is 5.32 Å². The van der Waals surface area contributed by atoms with Crippen molar-refractivity contribution in [3.8, 4) is 0 Å². The van der Waals surface area contributed by atoms with Gasteiger partial charge in [-0.3, -0.25) is 4.79 Å². The van der Waals surface area contributed by atoms with Crippen LogP contribution in [0.5, 0.6) is 0 Å². The molecule has 1 fully saturated rings. The molecule has 0 aliphatic heterocycles. The Morgan fingerprint density at radius 1 is 1.62 bits per heavy atom. The molecule has 1 amide bonds. The van der Waals surface area contributed by atoms with Gasteiger partial charge in [-0.15, -0.1) is 22.9 Å². The van der Waals surface area contributed by atoms with Crippen molar-refractivity contribution < 1.29 is 4.79 Å². The van der Waals surface area contributed by atoms with Crippen LogP contribution in [0.3, 0.4) is 0 Å². The highest BCUT2D eigenvalue weighted by atomic mass is 79.9. The van der Waals surface area contributed by atoms with E-state index in [1.165, 1.54) is 11.3 Å². The van der Waals surface area contributed by atoms with Gasteiger partial charge in [0.2, 0.25) is 0 Å². The zero-order valence-corrected chi connectivity index (χ0v) is 11.9. The summed E-state index contributed by atoms with van der Waals surface area (Å²) in [6, 6.07) is 1.89. The Labute approximate surface area is 113 Å². The van der Waals surface area contributed by atoms with Crippen LogP contribution < -0.4 is 5.32 Å². The van der Waals surface area contributed by atoms with E-state index in [0.717, 1.165) is 35.2 Å². The number of hydrogen-bond acceptors (Lipinski definition) is 2. The Balaban J connectivity index is 1.82. The van der Waals surface area contributed by atoms with Gasteiger partial charge in [0.05, 0.1) is 0 Å². The predicted molar refractivity (Wildman–Crippen MR) is 71.3 cm³/mol. The molecule has 0 aromatic carbocycles. The summed E-state index contributed by atoms with van der Waals surface area (Å²) in [6.45, 7) is 0.742. The molecule has 1 N–H and O–H groups in total. The number of alkyl halides is 1. The molecule has 2 atom stereocenters. The van der Waals surface area contributed by atoms with E-state index in [-0.39, 0.29) is 5.91 Å². The molecule has 1 aromatic heterocycles. The number of carbonyl (C=O) groups is 1. The van der Waals surface area contributed by atoms with Gasteiger partial charge in [0.25, 0.3) is 5.91 Å². The van der Waals surface area contributed by atoms with Crippen LogP contribution in [0.15, 0.2) is 15.9 Å². The largest absolute Gasteiger partial charge is 0.351 e. The molecule has 2 rings (SSSR count). The first kappa shape index (κ1) is 12.4. The molecule has 2 nitrogen and oxygen atoms in total. The van der Waals surface area contributed by atoms with E-state index >= 15 is 0 Å². The van der Waals surface area contributed by atoms with Crippen molar-refractivity contribution in [3.63, 3.8) is 0 Å². The topological polar surface area (TPSA) is 29.1 Å². The zero-order valence-electron chi connectivity index (χ0n) is 8.71. The number of halogens is 2. The van der Waals surface area contributed by atoms with Crippen molar-refractivity contribution in [3.05, 3.63) is 20.8 Å². The second-order valence-electron chi connectivity index (χ2n) is 4.08. The van der Waals surface area contributed by atoms with E-state index in [2.05, 4.69) is 21.2 Å². The van der Waals surface area contributed by atoms with E-state index in [0.29, 0.717) is 11.3 Å². The number of rotatable bonds is 3. The third kappa shape index (κ3) is 2.99. The molecule has 1 saturated carbocycles. The van der Waals surface area contributed by atoms with Crippen molar-refractivity contribution in [2.75, 3.05) is 6.54 Å². The van der Waals surface area contributed by atoms with Crippen molar-refractivity contribution in [1.29, 1.82) is 0 Å². The lowest BCUT2D eigenvalue weighted by atomic mass is 10.1. The summed E-state index contributed by atoms with van der Waals surface area (Å²) in [6.07, 6.45) is 3.22. The molecular weight excluding hydrogens is 310 g/mol. The van der Waals surface area contributed by atoms with Gasteiger partial charge >= 0.3 is 0 Å². The van der Waals surface area contributed by atoms with Gasteiger partial charge in [0.15, 0.2) is 0 Å². The maximum absolute atomic E-state index is 11.8. The fraction of sp³-hybridized carbons (Fsp3) is 0.545. The molecule has 0 bridgehead atoms. The maximum Gasteiger partial charge on any atom is 0.262 e. The average molecular weight is 323 g/mol. The molecule has 1 aromatic rings. The number of thiophene rings is 1. The quantitative estimate of drug-likeness (QED) is 0.846. The highest BCUT2D eigenvalue weighted by molar-refractivity contribution is 9.10. The lowest BCUT2D eigenvalue weighted by Gasteiger charge is -2.10. The van der Waals surface area contributed by atoms with Gasteiger partial charge < -0.3 is 5.32 Å². The first-order chi connectivity index (χ1) is 7.66. The molecule has 2 unspecified atom stereocenters. The van der Waals surface area contributed by atoms with Crippen LogP contribution in [0, 0.1) is 5.92 Å². The summed E-state index contributed by atoms with van der Waals surface area (Å²) in [5, 5.41) is 5.18. The highest BCUT2D eigenvalue weighted by Gasteiger charge is 2.23. The molecule has 5 heteroatoms. The lowest BCUT2D eigenvalue weighted by Crippen LogP contribution is -2.28. The van der Waals surface area contributed by atoms with Crippen LogP contribution >= 0.6 is 38.9 Å². The third-order valence-electron chi connectivity index (χ3n) is 2.85. The number of carbonyl (C=O) groups excluding carboxylic acids is 1. The number of nitrogens with one attached hydrogen (secondary N) is 1. The fourth-order valence-corrected chi connectivity index (χ4v) is 3.82. The fourth-order valence-electron chi connectivity index (χ4n) is 1.97. The molecule has 0 saturated heterocycles. The van der Waals surface area contributed by atoms with Crippen molar-refractivity contribution >= 4 is 44.8 Å². The third-order valence-corrected chi connectivity index (χ3v) is 5.08. The number of hydrogen-bond donors (Lipinski definition) is 1. The molecule has 1 aliphatic carbocycles. The second-order valence-corrected chi connectivity index (χ2v) is 6.47. The first-order valence-corrected chi connectivity index (χ1v) is 7.43. The molecule has 1 heterocycles. The van der Waals surface area contributed by atoms with Crippen molar-refractivity contribution in [2.45, 2.75) is 24.6 Å².